The monoisotopic (exact) mass is 226 g/mol. The van der Waals surface area contributed by atoms with Gasteiger partial charge >= 0.3 is 0 Å². The molecule has 2 fully saturated rings. The number of nitrogens with two attached hydrogens (primary N) is 1. The van der Waals surface area contributed by atoms with Gasteiger partial charge in [0, 0.05) is 6.54 Å². The highest BCUT2D eigenvalue weighted by atomic mass is 16.5. The van der Waals surface area contributed by atoms with Gasteiger partial charge < -0.3 is 10.5 Å². The number of morpholine rings is 1. The largest absolute Gasteiger partial charge is 0.355 e. The van der Waals surface area contributed by atoms with Crippen molar-refractivity contribution in [2.24, 2.45) is 11.1 Å². The molecule has 0 spiro atoms. The van der Waals surface area contributed by atoms with Gasteiger partial charge in [-0.15, -0.1) is 0 Å². The maximum absolute atomic E-state index is 11.9. The number of likely N-dealkylation sites (tertiary alicyclic amines) is 1. The third-order valence-corrected chi connectivity index (χ3v) is 3.24. The molecule has 2 amide bonds. The first kappa shape index (κ1) is 11.5. The van der Waals surface area contributed by atoms with Gasteiger partial charge in [0.05, 0.1) is 0 Å². The maximum atomic E-state index is 11.9. The number of hydrogen-bond acceptors (Lipinski definition) is 4. The van der Waals surface area contributed by atoms with Gasteiger partial charge in [0.1, 0.15) is 12.2 Å². The van der Waals surface area contributed by atoms with Gasteiger partial charge in [0.15, 0.2) is 0 Å². The molecule has 5 heteroatoms. The van der Waals surface area contributed by atoms with Gasteiger partial charge in [-0.3, -0.25) is 14.5 Å². The van der Waals surface area contributed by atoms with Crippen molar-refractivity contribution in [3.05, 3.63) is 0 Å². The van der Waals surface area contributed by atoms with E-state index in [0.29, 0.717) is 25.9 Å². The summed E-state index contributed by atoms with van der Waals surface area (Å²) in [5.74, 6) is -0.388. The molecule has 2 saturated heterocycles. The number of nitrogens with zero attached hydrogens (tertiary/aromatic N) is 1. The second kappa shape index (κ2) is 3.82. The van der Waals surface area contributed by atoms with E-state index in [1.807, 2.05) is 13.8 Å². The number of hydrogen-bond donors (Lipinski definition) is 1. The molecular weight excluding hydrogens is 208 g/mol. The average molecular weight is 226 g/mol. The standard InChI is InChI=1S/C11H18N2O3/c1-11(2,5-12)6-13-9(14)7-3-4-8(16-7)10(13)15/h7-8H,3-6,12H2,1-2H3. The zero-order valence-electron chi connectivity index (χ0n) is 9.73. The smallest absolute Gasteiger partial charge is 0.258 e. The van der Waals surface area contributed by atoms with Crippen LogP contribution in [0.15, 0.2) is 0 Å². The Labute approximate surface area is 94.9 Å². The van der Waals surface area contributed by atoms with Crippen LogP contribution in [0.4, 0.5) is 0 Å². The van der Waals surface area contributed by atoms with Crippen LogP contribution in [0.25, 0.3) is 0 Å². The molecule has 2 N–H and O–H groups in total. The van der Waals surface area contributed by atoms with Crippen molar-refractivity contribution in [3.63, 3.8) is 0 Å². The summed E-state index contributed by atoms with van der Waals surface area (Å²) in [5, 5.41) is 0. The highest BCUT2D eigenvalue weighted by Crippen LogP contribution is 2.30. The fourth-order valence-corrected chi connectivity index (χ4v) is 2.11. The van der Waals surface area contributed by atoms with Crippen LogP contribution >= 0.6 is 0 Å². The summed E-state index contributed by atoms with van der Waals surface area (Å²) in [6.45, 7) is 4.73. The molecule has 90 valence electrons. The normalized spacial score (nSPS) is 30.1. The van der Waals surface area contributed by atoms with Gasteiger partial charge in [-0.05, 0) is 24.8 Å². The molecule has 2 atom stereocenters. The maximum Gasteiger partial charge on any atom is 0.258 e. The molecule has 0 aromatic heterocycles. The van der Waals surface area contributed by atoms with Crippen LogP contribution in [-0.4, -0.2) is 42.0 Å². The predicted molar refractivity (Wildman–Crippen MR) is 57.5 cm³/mol. The van der Waals surface area contributed by atoms with Crippen LogP contribution in [0.3, 0.4) is 0 Å². The third kappa shape index (κ3) is 1.85. The Morgan fingerprint density at radius 2 is 1.81 bits per heavy atom. The Bertz CT molecular complexity index is 305. The van der Waals surface area contributed by atoms with Crippen LogP contribution in [-0.2, 0) is 14.3 Å². The summed E-state index contributed by atoms with van der Waals surface area (Å²) in [6, 6.07) is 0. The molecule has 0 radical (unpaired) electrons. The van der Waals surface area contributed by atoms with E-state index in [1.54, 1.807) is 0 Å². The summed E-state index contributed by atoms with van der Waals surface area (Å²) >= 11 is 0. The number of fused-ring (bicyclic) bond motifs is 2. The van der Waals surface area contributed by atoms with Crippen molar-refractivity contribution in [2.75, 3.05) is 13.1 Å². The lowest BCUT2D eigenvalue weighted by molar-refractivity contribution is -0.170. The summed E-state index contributed by atoms with van der Waals surface area (Å²) in [4.78, 5) is 25.2. The second-order valence-corrected chi connectivity index (χ2v) is 5.32. The molecule has 5 nitrogen and oxygen atoms in total. The molecule has 0 saturated carbocycles. The molecule has 2 aliphatic rings. The number of amides is 2. The number of carbonyl (C=O) groups is 2. The van der Waals surface area contributed by atoms with E-state index in [0.717, 1.165) is 0 Å². The zero-order valence-corrected chi connectivity index (χ0v) is 9.73. The first-order valence-electron chi connectivity index (χ1n) is 5.65. The van der Waals surface area contributed by atoms with Gasteiger partial charge in [0.2, 0.25) is 0 Å². The van der Waals surface area contributed by atoms with Crippen molar-refractivity contribution in [1.29, 1.82) is 0 Å². The fraction of sp³-hybridized carbons (Fsp3) is 0.818. The quantitative estimate of drug-likeness (QED) is 0.681. The lowest BCUT2D eigenvalue weighted by Crippen LogP contribution is -2.55. The van der Waals surface area contributed by atoms with E-state index in [9.17, 15) is 9.59 Å². The third-order valence-electron chi connectivity index (χ3n) is 3.24. The molecule has 16 heavy (non-hydrogen) atoms. The Morgan fingerprint density at radius 1 is 1.31 bits per heavy atom. The summed E-state index contributed by atoms with van der Waals surface area (Å²) < 4.78 is 5.33. The topological polar surface area (TPSA) is 72.6 Å². The number of carbonyl (C=O) groups excluding carboxylic acids is 2. The molecule has 2 unspecified atom stereocenters. The summed E-state index contributed by atoms with van der Waals surface area (Å²) in [7, 11) is 0. The number of ether oxygens (including phenoxy) is 1. The van der Waals surface area contributed by atoms with Crippen molar-refractivity contribution in [2.45, 2.75) is 38.9 Å². The Hall–Kier alpha value is -0.940. The van der Waals surface area contributed by atoms with E-state index in [2.05, 4.69) is 0 Å². The second-order valence-electron chi connectivity index (χ2n) is 5.32. The van der Waals surface area contributed by atoms with E-state index in [4.69, 9.17) is 10.5 Å². The van der Waals surface area contributed by atoms with Crippen molar-refractivity contribution >= 4 is 11.8 Å². The predicted octanol–water partition coefficient (Wildman–Crippen LogP) is -0.112. The van der Waals surface area contributed by atoms with Crippen LogP contribution in [0.1, 0.15) is 26.7 Å². The molecule has 0 aliphatic carbocycles. The first-order chi connectivity index (χ1) is 7.44. The van der Waals surface area contributed by atoms with E-state index < -0.39 is 12.2 Å². The van der Waals surface area contributed by atoms with E-state index in [1.165, 1.54) is 4.90 Å². The molecule has 2 heterocycles. The van der Waals surface area contributed by atoms with Crippen LogP contribution in [0, 0.1) is 5.41 Å². The molecular formula is C11H18N2O3. The minimum Gasteiger partial charge on any atom is -0.355 e. The molecule has 2 rings (SSSR count). The Morgan fingerprint density at radius 3 is 2.25 bits per heavy atom. The van der Waals surface area contributed by atoms with E-state index >= 15 is 0 Å². The van der Waals surface area contributed by atoms with Gasteiger partial charge in [0.25, 0.3) is 11.8 Å². The van der Waals surface area contributed by atoms with Gasteiger partial charge in [-0.1, -0.05) is 13.8 Å². The SMILES string of the molecule is CC(C)(CN)CN1C(=O)C2CCC(O2)C1=O. The fourth-order valence-electron chi connectivity index (χ4n) is 2.11. The average Bonchev–Trinajstić information content (AvgIpc) is 2.69. The molecule has 2 aliphatic heterocycles. The number of imide groups is 1. The highest BCUT2D eigenvalue weighted by molar-refractivity contribution is 6.02. The zero-order chi connectivity index (χ0) is 11.9. The Balaban J connectivity index is 2.14. The van der Waals surface area contributed by atoms with Crippen molar-refractivity contribution in [1.82, 2.24) is 4.90 Å². The summed E-state index contributed by atoms with van der Waals surface area (Å²) in [6.07, 6.45) is 0.511. The number of rotatable bonds is 3. The van der Waals surface area contributed by atoms with Gasteiger partial charge in [-0.2, -0.15) is 0 Å². The van der Waals surface area contributed by atoms with Crippen LogP contribution in [0.5, 0.6) is 0 Å². The minimum absolute atomic E-state index is 0.194. The highest BCUT2D eigenvalue weighted by Gasteiger charge is 2.47. The summed E-state index contributed by atoms with van der Waals surface area (Å²) in [5.41, 5.74) is 5.38. The first-order valence-corrected chi connectivity index (χ1v) is 5.65. The Kier molecular flexibility index (Phi) is 2.75. The van der Waals surface area contributed by atoms with Crippen molar-refractivity contribution in [3.8, 4) is 0 Å². The molecule has 0 aromatic rings. The van der Waals surface area contributed by atoms with Crippen molar-refractivity contribution < 1.29 is 14.3 Å². The van der Waals surface area contributed by atoms with E-state index in [-0.39, 0.29) is 17.2 Å². The molecule has 0 aromatic carbocycles. The van der Waals surface area contributed by atoms with Crippen LogP contribution < -0.4 is 5.73 Å². The lowest BCUT2D eigenvalue weighted by Gasteiger charge is -2.35. The minimum atomic E-state index is -0.406. The van der Waals surface area contributed by atoms with Crippen LogP contribution in [0.2, 0.25) is 0 Å². The molecule has 2 bridgehead atoms. The van der Waals surface area contributed by atoms with Gasteiger partial charge in [-0.25, -0.2) is 0 Å². The lowest BCUT2D eigenvalue weighted by atomic mass is 9.92.